The second-order valence-corrected chi connectivity index (χ2v) is 5.44. The number of carbonyl (C=O) groups is 1. The van der Waals surface area contributed by atoms with Crippen molar-refractivity contribution in [2.45, 2.75) is 13.0 Å². The molecule has 0 N–H and O–H groups in total. The molecule has 0 aliphatic carbocycles. The maximum atomic E-state index is 12.8. The predicted octanol–water partition coefficient (Wildman–Crippen LogP) is 2.08. The van der Waals surface area contributed by atoms with E-state index in [1.165, 1.54) is 6.39 Å². The normalized spacial score (nSPS) is 18.5. The topological polar surface area (TPSA) is 77.7 Å². The first kappa shape index (κ1) is 16.2. The second kappa shape index (κ2) is 7.27. The third-order valence-electron chi connectivity index (χ3n) is 3.96. The molecule has 0 saturated carbocycles. The summed E-state index contributed by atoms with van der Waals surface area (Å²) in [6, 6.07) is 7.26. The van der Waals surface area contributed by atoms with E-state index in [9.17, 15) is 4.79 Å². The predicted molar refractivity (Wildman–Crippen MR) is 86.2 cm³/mol. The minimum atomic E-state index is -0.341. The number of hydrogen-bond donors (Lipinski definition) is 0. The highest BCUT2D eigenvalue weighted by molar-refractivity contribution is 5.95. The molecule has 1 fully saturated rings. The van der Waals surface area contributed by atoms with Crippen LogP contribution < -0.4 is 4.74 Å². The molecule has 1 saturated heterocycles. The Kier molecular flexibility index (Phi) is 4.90. The van der Waals surface area contributed by atoms with Gasteiger partial charge in [0.15, 0.2) is 5.82 Å². The van der Waals surface area contributed by atoms with Gasteiger partial charge in [-0.2, -0.15) is 4.98 Å². The Morgan fingerprint density at radius 3 is 3.00 bits per heavy atom. The van der Waals surface area contributed by atoms with Crippen molar-refractivity contribution in [2.24, 2.45) is 0 Å². The Balaban J connectivity index is 1.84. The molecule has 3 rings (SSSR count). The van der Waals surface area contributed by atoms with Gasteiger partial charge in [-0.25, -0.2) is 0 Å². The number of para-hydroxylation sites is 1. The molecule has 24 heavy (non-hydrogen) atoms. The lowest BCUT2D eigenvalue weighted by molar-refractivity contribution is -0.135. The number of allylic oxidation sites excluding steroid dienone is 1. The highest BCUT2D eigenvalue weighted by atomic mass is 16.5. The summed E-state index contributed by atoms with van der Waals surface area (Å²) in [7, 11) is 1.61. The number of amides is 1. The van der Waals surface area contributed by atoms with E-state index in [1.807, 2.05) is 31.2 Å². The Hall–Kier alpha value is -2.67. The van der Waals surface area contributed by atoms with Gasteiger partial charge < -0.3 is 18.9 Å². The largest absolute Gasteiger partial charge is 0.496 e. The summed E-state index contributed by atoms with van der Waals surface area (Å²) in [5, 5.41) is 3.84. The van der Waals surface area contributed by atoms with Crippen molar-refractivity contribution in [3.05, 3.63) is 48.1 Å². The molecular formula is C17H19N3O4. The summed E-state index contributed by atoms with van der Waals surface area (Å²) in [5.41, 5.74) is 1.72. The lowest BCUT2D eigenvalue weighted by atomic mass is 10.1. The first-order valence-corrected chi connectivity index (χ1v) is 7.67. The fraction of sp³-hybridized carbons (Fsp3) is 0.353. The summed E-state index contributed by atoms with van der Waals surface area (Å²) < 4.78 is 15.6. The van der Waals surface area contributed by atoms with E-state index in [4.69, 9.17) is 14.0 Å². The molecule has 126 valence electrons. The summed E-state index contributed by atoms with van der Waals surface area (Å²) >= 11 is 0. The zero-order valence-corrected chi connectivity index (χ0v) is 13.6. The Morgan fingerprint density at radius 1 is 1.42 bits per heavy atom. The van der Waals surface area contributed by atoms with Gasteiger partial charge in [-0.1, -0.05) is 23.4 Å². The Bertz CT molecular complexity index is 727. The molecule has 1 atom stereocenters. The molecule has 1 unspecified atom stereocenters. The standard InChI is InChI=1S/C17H19N3O4/c1-12(13-5-3-4-6-15(13)22-2)9-16(21)20-7-8-23-10-14(20)17-18-11-24-19-17/h3-6,9,11,14H,7-8,10H2,1-2H3/b12-9+. The lowest BCUT2D eigenvalue weighted by Crippen LogP contribution is -2.43. The molecule has 7 heteroatoms. The molecular weight excluding hydrogens is 310 g/mol. The first-order valence-electron chi connectivity index (χ1n) is 7.67. The molecule has 0 bridgehead atoms. The fourth-order valence-corrected chi connectivity index (χ4v) is 2.72. The van der Waals surface area contributed by atoms with Crippen molar-refractivity contribution in [3.8, 4) is 5.75 Å². The van der Waals surface area contributed by atoms with Gasteiger partial charge in [-0.05, 0) is 18.6 Å². The molecule has 0 spiro atoms. The number of carbonyl (C=O) groups excluding carboxylic acids is 1. The van der Waals surface area contributed by atoms with E-state index in [1.54, 1.807) is 18.1 Å². The van der Waals surface area contributed by atoms with Crippen LogP contribution in [0, 0.1) is 0 Å². The number of hydrogen-bond acceptors (Lipinski definition) is 6. The number of ether oxygens (including phenoxy) is 2. The number of rotatable bonds is 4. The second-order valence-electron chi connectivity index (χ2n) is 5.44. The van der Waals surface area contributed by atoms with E-state index >= 15 is 0 Å². The third kappa shape index (κ3) is 3.30. The van der Waals surface area contributed by atoms with Crippen molar-refractivity contribution in [3.63, 3.8) is 0 Å². The molecule has 2 heterocycles. The summed E-state index contributed by atoms with van der Waals surface area (Å²) in [6.45, 7) is 3.21. The molecule has 1 aromatic carbocycles. The third-order valence-corrected chi connectivity index (χ3v) is 3.96. The Morgan fingerprint density at radius 2 is 2.25 bits per heavy atom. The van der Waals surface area contributed by atoms with Crippen LogP contribution >= 0.6 is 0 Å². The number of morpholine rings is 1. The van der Waals surface area contributed by atoms with Gasteiger partial charge in [0.2, 0.25) is 12.3 Å². The quantitative estimate of drug-likeness (QED) is 0.799. The number of methoxy groups -OCH3 is 1. The van der Waals surface area contributed by atoms with E-state index < -0.39 is 0 Å². The van der Waals surface area contributed by atoms with Crippen LogP contribution in [0.1, 0.15) is 24.4 Å². The summed E-state index contributed by atoms with van der Waals surface area (Å²) in [5.74, 6) is 1.07. The Labute approximate surface area is 139 Å². The fourth-order valence-electron chi connectivity index (χ4n) is 2.72. The van der Waals surface area contributed by atoms with Gasteiger partial charge in [0.05, 0.1) is 20.3 Å². The molecule has 7 nitrogen and oxygen atoms in total. The van der Waals surface area contributed by atoms with Crippen molar-refractivity contribution in [2.75, 3.05) is 26.9 Å². The van der Waals surface area contributed by atoms with Crippen LogP contribution in [0.15, 0.2) is 41.3 Å². The van der Waals surface area contributed by atoms with Crippen molar-refractivity contribution in [1.29, 1.82) is 0 Å². The maximum absolute atomic E-state index is 12.8. The highest BCUT2D eigenvalue weighted by Gasteiger charge is 2.30. The summed E-state index contributed by atoms with van der Waals surface area (Å²) in [6.07, 6.45) is 2.86. The molecule has 1 aromatic heterocycles. The van der Waals surface area contributed by atoms with Gasteiger partial charge in [-0.3, -0.25) is 4.79 Å². The van der Waals surface area contributed by atoms with Crippen LogP contribution in [0.4, 0.5) is 0 Å². The monoisotopic (exact) mass is 329 g/mol. The summed E-state index contributed by atoms with van der Waals surface area (Å²) in [4.78, 5) is 18.5. The number of benzene rings is 1. The SMILES string of the molecule is COc1ccccc1/C(C)=C/C(=O)N1CCOCC1c1ncon1. The molecule has 1 aliphatic heterocycles. The van der Waals surface area contributed by atoms with Gasteiger partial charge in [0, 0.05) is 18.2 Å². The molecule has 1 amide bonds. The minimum Gasteiger partial charge on any atom is -0.496 e. The zero-order valence-electron chi connectivity index (χ0n) is 13.6. The molecule has 0 radical (unpaired) electrons. The zero-order chi connectivity index (χ0) is 16.9. The first-order chi connectivity index (χ1) is 11.7. The van der Waals surface area contributed by atoms with E-state index in [-0.39, 0.29) is 11.9 Å². The minimum absolute atomic E-state index is 0.114. The van der Waals surface area contributed by atoms with Gasteiger partial charge in [0.1, 0.15) is 11.8 Å². The van der Waals surface area contributed by atoms with Crippen molar-refractivity contribution < 1.29 is 18.8 Å². The van der Waals surface area contributed by atoms with E-state index in [2.05, 4.69) is 10.1 Å². The van der Waals surface area contributed by atoms with Crippen LogP contribution in [-0.4, -0.2) is 47.8 Å². The van der Waals surface area contributed by atoms with Crippen LogP contribution in [-0.2, 0) is 9.53 Å². The van der Waals surface area contributed by atoms with Gasteiger partial charge in [0.25, 0.3) is 0 Å². The average molecular weight is 329 g/mol. The van der Waals surface area contributed by atoms with Crippen LogP contribution in [0.5, 0.6) is 5.75 Å². The highest BCUT2D eigenvalue weighted by Crippen LogP contribution is 2.27. The van der Waals surface area contributed by atoms with Gasteiger partial charge >= 0.3 is 0 Å². The lowest BCUT2D eigenvalue weighted by Gasteiger charge is -2.33. The number of aromatic nitrogens is 2. The van der Waals surface area contributed by atoms with Crippen molar-refractivity contribution in [1.82, 2.24) is 15.0 Å². The number of nitrogens with zero attached hydrogens (tertiary/aromatic N) is 3. The molecule has 2 aromatic rings. The average Bonchev–Trinajstić information content (AvgIpc) is 3.16. The van der Waals surface area contributed by atoms with E-state index in [0.29, 0.717) is 25.6 Å². The van der Waals surface area contributed by atoms with Crippen LogP contribution in [0.3, 0.4) is 0 Å². The van der Waals surface area contributed by atoms with Crippen LogP contribution in [0.2, 0.25) is 0 Å². The van der Waals surface area contributed by atoms with Crippen molar-refractivity contribution >= 4 is 11.5 Å². The van der Waals surface area contributed by atoms with Gasteiger partial charge in [-0.15, -0.1) is 0 Å². The molecule has 1 aliphatic rings. The maximum Gasteiger partial charge on any atom is 0.247 e. The van der Waals surface area contributed by atoms with Crippen LogP contribution in [0.25, 0.3) is 5.57 Å². The smallest absolute Gasteiger partial charge is 0.247 e. The van der Waals surface area contributed by atoms with E-state index in [0.717, 1.165) is 16.9 Å².